The molecule has 3 N–H and O–H groups in total. The van der Waals surface area contributed by atoms with Gasteiger partial charge in [0.25, 0.3) is 0 Å². The lowest BCUT2D eigenvalue weighted by Gasteiger charge is -2.18. The number of nitrogens with one attached hydrogen (secondary N) is 3. The van der Waals surface area contributed by atoms with Crippen molar-refractivity contribution in [1.82, 2.24) is 20.6 Å². The van der Waals surface area contributed by atoms with Gasteiger partial charge in [0, 0.05) is 20.0 Å². The Bertz CT molecular complexity index is 903. The Morgan fingerprint density at radius 3 is 2.50 bits per heavy atom. The second kappa shape index (κ2) is 11.8. The lowest BCUT2D eigenvalue weighted by molar-refractivity contribution is 0.271. The molecule has 0 aliphatic heterocycles. The zero-order valence-electron chi connectivity index (χ0n) is 18.1. The minimum atomic E-state index is 0. The molecule has 1 unspecified atom stereocenters. The molecule has 162 valence electrons. The van der Waals surface area contributed by atoms with Crippen molar-refractivity contribution in [2.75, 3.05) is 20.2 Å². The van der Waals surface area contributed by atoms with E-state index in [2.05, 4.69) is 58.5 Å². The molecule has 0 saturated carbocycles. The minimum absolute atomic E-state index is 0. The summed E-state index contributed by atoms with van der Waals surface area (Å²) in [7, 11) is 1.78. The first-order valence-electron chi connectivity index (χ1n) is 10.2. The third kappa shape index (κ3) is 6.90. The van der Waals surface area contributed by atoms with E-state index in [1.807, 2.05) is 36.4 Å². The quantitative estimate of drug-likeness (QED) is 0.229. The highest BCUT2D eigenvalue weighted by Crippen LogP contribution is 2.18. The first-order chi connectivity index (χ1) is 14.0. The van der Waals surface area contributed by atoms with Crippen LogP contribution in [0.3, 0.4) is 0 Å². The topological polar surface area (TPSA) is 74.3 Å². The summed E-state index contributed by atoms with van der Waals surface area (Å²) in [5.41, 5.74) is 3.25. The van der Waals surface area contributed by atoms with E-state index in [1.54, 1.807) is 7.05 Å². The van der Waals surface area contributed by atoms with Crippen LogP contribution in [0, 0.1) is 5.92 Å². The number of nitrogens with zero attached hydrogens (tertiary/aromatic N) is 2. The first kappa shape index (κ1) is 24.0. The molecule has 2 aromatic carbocycles. The van der Waals surface area contributed by atoms with Gasteiger partial charge >= 0.3 is 0 Å². The molecule has 30 heavy (non-hydrogen) atoms. The average Bonchev–Trinajstić information content (AvgIpc) is 3.14. The normalized spacial score (nSPS) is 12.5. The third-order valence-corrected chi connectivity index (χ3v) is 4.63. The number of H-pyrrole nitrogens is 1. The lowest BCUT2D eigenvalue weighted by atomic mass is 10.1. The predicted octanol–water partition coefficient (Wildman–Crippen LogP) is 4.68. The number of ether oxygens (including phenoxy) is 1. The fourth-order valence-electron chi connectivity index (χ4n) is 3.02. The molecule has 0 spiro atoms. The Labute approximate surface area is 196 Å². The monoisotopic (exact) mass is 521 g/mol. The van der Waals surface area contributed by atoms with Crippen LogP contribution in [0.2, 0.25) is 0 Å². The Balaban J connectivity index is 0.00000320. The molecule has 1 heterocycles. The molecule has 0 radical (unpaired) electrons. The fraction of sp³-hybridized carbons (Fsp3) is 0.391. The van der Waals surface area contributed by atoms with E-state index < -0.39 is 0 Å². The average molecular weight is 521 g/mol. The number of benzene rings is 2. The number of guanidine groups is 1. The summed E-state index contributed by atoms with van der Waals surface area (Å²) in [6, 6.07) is 16.4. The number of rotatable bonds is 8. The van der Waals surface area contributed by atoms with Crippen molar-refractivity contribution in [3.8, 4) is 5.75 Å². The van der Waals surface area contributed by atoms with Gasteiger partial charge < -0.3 is 20.4 Å². The zero-order chi connectivity index (χ0) is 20.6. The van der Waals surface area contributed by atoms with Gasteiger partial charge in [-0.25, -0.2) is 4.98 Å². The van der Waals surface area contributed by atoms with Crippen LogP contribution < -0.4 is 15.4 Å². The van der Waals surface area contributed by atoms with Crippen LogP contribution in [-0.4, -0.2) is 36.1 Å². The molecular formula is C23H32IN5O. The highest BCUT2D eigenvalue weighted by atomic mass is 127. The van der Waals surface area contributed by atoms with Gasteiger partial charge in [0.2, 0.25) is 0 Å². The maximum Gasteiger partial charge on any atom is 0.191 e. The molecule has 6 nitrogen and oxygen atoms in total. The number of hydrogen-bond donors (Lipinski definition) is 3. The largest absolute Gasteiger partial charge is 0.493 e. The number of para-hydroxylation sites is 2. The van der Waals surface area contributed by atoms with E-state index in [-0.39, 0.29) is 30.0 Å². The molecule has 0 aliphatic carbocycles. The number of aromatic nitrogens is 2. The van der Waals surface area contributed by atoms with E-state index in [0.29, 0.717) is 5.92 Å². The molecule has 0 fully saturated rings. The molecule has 0 aliphatic rings. The van der Waals surface area contributed by atoms with Crippen molar-refractivity contribution >= 4 is 41.0 Å². The van der Waals surface area contributed by atoms with Crippen LogP contribution in [0.5, 0.6) is 5.75 Å². The van der Waals surface area contributed by atoms with Crippen LogP contribution in [-0.2, 0) is 6.42 Å². The van der Waals surface area contributed by atoms with Gasteiger partial charge in [0.05, 0.1) is 23.7 Å². The van der Waals surface area contributed by atoms with Gasteiger partial charge in [0.15, 0.2) is 5.96 Å². The molecule has 0 bridgehead atoms. The van der Waals surface area contributed by atoms with Gasteiger partial charge in [-0.1, -0.05) is 38.1 Å². The van der Waals surface area contributed by atoms with Crippen molar-refractivity contribution in [2.24, 2.45) is 10.9 Å². The summed E-state index contributed by atoms with van der Waals surface area (Å²) in [5, 5.41) is 6.79. The number of halogens is 1. The second-order valence-corrected chi connectivity index (χ2v) is 7.59. The molecule has 1 atom stereocenters. The van der Waals surface area contributed by atoms with Gasteiger partial charge in [0.1, 0.15) is 11.6 Å². The van der Waals surface area contributed by atoms with Crippen molar-refractivity contribution in [3.05, 3.63) is 59.9 Å². The summed E-state index contributed by atoms with van der Waals surface area (Å²) < 4.78 is 5.76. The number of aliphatic imine (C=N–C) groups is 1. The standard InChI is InChI=1S/C23H31N5O.HI/c1-16(2)15-29-19-11-9-18(10-12-19)17(3)26-23(24-4)25-14-13-22-27-20-7-5-6-8-21(20)28-22;/h5-12,16-17H,13-15H2,1-4H3,(H,27,28)(H2,24,25,26);1H. The maximum atomic E-state index is 5.76. The summed E-state index contributed by atoms with van der Waals surface area (Å²) in [5.74, 6) is 3.17. The lowest BCUT2D eigenvalue weighted by Crippen LogP contribution is -2.39. The number of hydrogen-bond acceptors (Lipinski definition) is 3. The van der Waals surface area contributed by atoms with E-state index in [9.17, 15) is 0 Å². The van der Waals surface area contributed by atoms with Crippen molar-refractivity contribution in [3.63, 3.8) is 0 Å². The van der Waals surface area contributed by atoms with Crippen LogP contribution in [0.1, 0.15) is 38.2 Å². The molecule has 3 rings (SSSR count). The van der Waals surface area contributed by atoms with E-state index in [0.717, 1.165) is 48.1 Å². The highest BCUT2D eigenvalue weighted by molar-refractivity contribution is 14.0. The SMILES string of the molecule is CN=C(NCCc1nc2ccccc2[nH]1)NC(C)c1ccc(OCC(C)C)cc1.I. The smallest absolute Gasteiger partial charge is 0.191 e. The van der Waals surface area contributed by atoms with E-state index >= 15 is 0 Å². The fourth-order valence-corrected chi connectivity index (χ4v) is 3.02. The predicted molar refractivity (Wildman–Crippen MR) is 135 cm³/mol. The Morgan fingerprint density at radius 1 is 1.10 bits per heavy atom. The Hall–Kier alpha value is -2.29. The van der Waals surface area contributed by atoms with Crippen molar-refractivity contribution < 1.29 is 4.74 Å². The Morgan fingerprint density at radius 2 is 1.83 bits per heavy atom. The summed E-state index contributed by atoms with van der Waals surface area (Å²) >= 11 is 0. The van der Waals surface area contributed by atoms with Crippen molar-refractivity contribution in [1.29, 1.82) is 0 Å². The van der Waals surface area contributed by atoms with Crippen LogP contribution in [0.15, 0.2) is 53.5 Å². The summed E-state index contributed by atoms with van der Waals surface area (Å²) in [6.07, 6.45) is 0.797. The van der Waals surface area contributed by atoms with Crippen LogP contribution in [0.4, 0.5) is 0 Å². The third-order valence-electron chi connectivity index (χ3n) is 4.63. The summed E-state index contributed by atoms with van der Waals surface area (Å²) in [4.78, 5) is 12.3. The molecular weight excluding hydrogens is 489 g/mol. The van der Waals surface area contributed by atoms with E-state index in [4.69, 9.17) is 4.74 Å². The molecule has 0 saturated heterocycles. The second-order valence-electron chi connectivity index (χ2n) is 7.59. The van der Waals surface area contributed by atoms with Gasteiger partial charge in [-0.15, -0.1) is 24.0 Å². The Kier molecular flexibility index (Phi) is 9.42. The molecule has 3 aromatic rings. The number of imidazole rings is 1. The number of aromatic amines is 1. The van der Waals surface area contributed by atoms with Gasteiger partial charge in [-0.05, 0) is 42.7 Å². The molecule has 0 amide bonds. The minimum Gasteiger partial charge on any atom is -0.493 e. The van der Waals surface area contributed by atoms with Crippen LogP contribution in [0.25, 0.3) is 11.0 Å². The van der Waals surface area contributed by atoms with Crippen molar-refractivity contribution in [2.45, 2.75) is 33.2 Å². The van der Waals surface area contributed by atoms with Gasteiger partial charge in [-0.3, -0.25) is 4.99 Å². The zero-order valence-corrected chi connectivity index (χ0v) is 20.4. The maximum absolute atomic E-state index is 5.76. The molecule has 7 heteroatoms. The van der Waals surface area contributed by atoms with Gasteiger partial charge in [-0.2, -0.15) is 0 Å². The van der Waals surface area contributed by atoms with E-state index in [1.165, 1.54) is 5.56 Å². The molecule has 1 aromatic heterocycles. The van der Waals surface area contributed by atoms with Crippen LogP contribution >= 0.6 is 24.0 Å². The summed E-state index contributed by atoms with van der Waals surface area (Å²) in [6.45, 7) is 7.89. The highest BCUT2D eigenvalue weighted by Gasteiger charge is 2.09. The first-order valence-corrected chi connectivity index (χ1v) is 10.2. The number of fused-ring (bicyclic) bond motifs is 1.